The highest BCUT2D eigenvalue weighted by Crippen LogP contribution is 2.33. The molecule has 4 aromatic rings. The first-order chi connectivity index (χ1) is 19.3. The first-order valence-electron chi connectivity index (χ1n) is 13.2. The van der Waals surface area contributed by atoms with Crippen molar-refractivity contribution in [2.24, 2.45) is 0 Å². The molecule has 0 spiro atoms. The van der Waals surface area contributed by atoms with E-state index in [4.69, 9.17) is 5.26 Å². The fourth-order valence-electron chi connectivity index (χ4n) is 5.23. The number of benzene rings is 4. The van der Waals surface area contributed by atoms with Gasteiger partial charge in [0, 0.05) is 17.8 Å². The van der Waals surface area contributed by atoms with E-state index >= 15 is 0 Å². The van der Waals surface area contributed by atoms with Crippen molar-refractivity contribution >= 4 is 11.6 Å². The van der Waals surface area contributed by atoms with Crippen LogP contribution in [0.3, 0.4) is 0 Å². The van der Waals surface area contributed by atoms with Gasteiger partial charge >= 0.3 is 6.18 Å². The second-order valence-corrected chi connectivity index (χ2v) is 10.1. The summed E-state index contributed by atoms with van der Waals surface area (Å²) in [6, 6.07) is 29.6. The van der Waals surface area contributed by atoms with Crippen molar-refractivity contribution in [3.8, 4) is 17.2 Å². The second-order valence-electron chi connectivity index (χ2n) is 10.1. The summed E-state index contributed by atoms with van der Waals surface area (Å²) in [6.07, 6.45) is -2.35. The summed E-state index contributed by atoms with van der Waals surface area (Å²) in [4.78, 5) is 15.5. The number of nitrogens with zero attached hydrogens (tertiary/aromatic N) is 2. The van der Waals surface area contributed by atoms with E-state index in [9.17, 15) is 18.0 Å². The maximum Gasteiger partial charge on any atom is 0.416 e. The van der Waals surface area contributed by atoms with Crippen molar-refractivity contribution < 1.29 is 18.0 Å². The number of nitrogens with one attached hydrogen (secondary N) is 1. The van der Waals surface area contributed by atoms with E-state index in [-0.39, 0.29) is 5.91 Å². The third kappa shape index (κ3) is 6.41. The molecule has 1 heterocycles. The Morgan fingerprint density at radius 1 is 0.900 bits per heavy atom. The average Bonchev–Trinajstić information content (AvgIpc) is 2.98. The highest BCUT2D eigenvalue weighted by atomic mass is 19.4. The zero-order valence-corrected chi connectivity index (χ0v) is 21.8. The Kier molecular flexibility index (Phi) is 7.99. The molecule has 4 aromatic carbocycles. The summed E-state index contributed by atoms with van der Waals surface area (Å²) in [5, 5.41) is 12.1. The normalized spacial score (nSPS) is 14.4. The van der Waals surface area contributed by atoms with E-state index in [0.717, 1.165) is 50.2 Å². The lowest BCUT2D eigenvalue weighted by atomic mass is 9.89. The van der Waals surface area contributed by atoms with Crippen LogP contribution in [0, 0.1) is 11.3 Å². The van der Waals surface area contributed by atoms with Crippen LogP contribution in [0.25, 0.3) is 11.1 Å². The maximum atomic E-state index is 13.1. The SMILES string of the molecule is N#Cc1cccc(CN2CCC(c3ccc(NC(=O)c4ccccc4-c4ccc(C(F)(F)F)cc4)cc3)CC2)c1. The van der Waals surface area contributed by atoms with Crippen LogP contribution >= 0.6 is 0 Å². The molecule has 0 radical (unpaired) electrons. The third-order valence-electron chi connectivity index (χ3n) is 7.38. The Bertz CT molecular complexity index is 1510. The van der Waals surface area contributed by atoms with E-state index in [1.165, 1.54) is 17.7 Å². The Morgan fingerprint density at radius 3 is 2.27 bits per heavy atom. The van der Waals surface area contributed by atoms with Crippen LogP contribution in [-0.4, -0.2) is 23.9 Å². The third-order valence-corrected chi connectivity index (χ3v) is 7.38. The molecule has 40 heavy (non-hydrogen) atoms. The number of rotatable bonds is 6. The summed E-state index contributed by atoms with van der Waals surface area (Å²) >= 11 is 0. The number of likely N-dealkylation sites (tertiary alicyclic amines) is 1. The summed E-state index contributed by atoms with van der Waals surface area (Å²) in [5.41, 5.74) is 4.49. The lowest BCUT2D eigenvalue weighted by Gasteiger charge is -2.32. The molecule has 0 bridgehead atoms. The minimum atomic E-state index is -4.41. The Morgan fingerprint density at radius 2 is 1.60 bits per heavy atom. The molecular weight excluding hydrogens is 511 g/mol. The molecule has 5 rings (SSSR count). The molecule has 4 nitrogen and oxygen atoms in total. The Hall–Kier alpha value is -4.41. The molecule has 0 saturated carbocycles. The van der Waals surface area contributed by atoms with E-state index in [1.807, 2.05) is 42.5 Å². The summed E-state index contributed by atoms with van der Waals surface area (Å²) < 4.78 is 38.9. The lowest BCUT2D eigenvalue weighted by Crippen LogP contribution is -2.32. The number of carbonyl (C=O) groups is 1. The number of nitriles is 1. The highest BCUT2D eigenvalue weighted by Gasteiger charge is 2.30. The van der Waals surface area contributed by atoms with E-state index in [1.54, 1.807) is 24.3 Å². The molecule has 1 amide bonds. The second kappa shape index (κ2) is 11.8. The predicted octanol–water partition coefficient (Wildman–Crippen LogP) is 7.88. The van der Waals surface area contributed by atoms with E-state index in [0.29, 0.717) is 33.9 Å². The van der Waals surface area contributed by atoms with Crippen LogP contribution in [0.5, 0.6) is 0 Å². The van der Waals surface area contributed by atoms with Gasteiger partial charge in [0.05, 0.1) is 17.2 Å². The first-order valence-corrected chi connectivity index (χ1v) is 13.2. The minimum Gasteiger partial charge on any atom is -0.322 e. The first kappa shape index (κ1) is 27.2. The number of piperidine rings is 1. The topological polar surface area (TPSA) is 56.1 Å². The zero-order valence-electron chi connectivity index (χ0n) is 21.8. The van der Waals surface area contributed by atoms with Gasteiger partial charge in [-0.3, -0.25) is 9.69 Å². The molecule has 1 saturated heterocycles. The molecular formula is C33H28F3N3O. The van der Waals surface area contributed by atoms with Gasteiger partial charge in [-0.25, -0.2) is 0 Å². The molecule has 7 heteroatoms. The number of amides is 1. The molecule has 1 aliphatic rings. The quantitative estimate of drug-likeness (QED) is 0.271. The smallest absolute Gasteiger partial charge is 0.322 e. The standard InChI is InChI=1S/C33H28F3N3O/c34-33(35,36)28-12-8-27(9-13-28)30-6-1-2-7-31(30)32(40)38-29-14-10-25(11-15-29)26-16-18-39(19-17-26)22-24-5-3-4-23(20-24)21-37/h1-15,20,26H,16-19,22H2,(H,38,40). The number of hydrogen-bond donors (Lipinski definition) is 1. The van der Waals surface area contributed by atoms with Gasteiger partial charge in [-0.05, 0) is 96.6 Å². The lowest BCUT2D eigenvalue weighted by molar-refractivity contribution is -0.137. The van der Waals surface area contributed by atoms with E-state index < -0.39 is 11.7 Å². The molecule has 0 aromatic heterocycles. The number of carbonyl (C=O) groups excluding carboxylic acids is 1. The van der Waals surface area contributed by atoms with Crippen molar-refractivity contribution in [3.63, 3.8) is 0 Å². The van der Waals surface area contributed by atoms with Gasteiger partial charge in [0.25, 0.3) is 5.91 Å². The summed E-state index contributed by atoms with van der Waals surface area (Å²) in [7, 11) is 0. The molecule has 1 N–H and O–H groups in total. The van der Waals surface area contributed by atoms with Crippen molar-refractivity contribution in [3.05, 3.63) is 125 Å². The molecule has 0 unspecified atom stereocenters. The van der Waals surface area contributed by atoms with Crippen LogP contribution < -0.4 is 5.32 Å². The van der Waals surface area contributed by atoms with Crippen molar-refractivity contribution in [1.82, 2.24) is 4.90 Å². The maximum absolute atomic E-state index is 13.1. The van der Waals surface area contributed by atoms with Gasteiger partial charge in [0.15, 0.2) is 0 Å². The molecule has 0 aliphatic carbocycles. The van der Waals surface area contributed by atoms with Crippen molar-refractivity contribution in [1.29, 1.82) is 5.26 Å². The van der Waals surface area contributed by atoms with Gasteiger partial charge in [-0.15, -0.1) is 0 Å². The van der Waals surface area contributed by atoms with E-state index in [2.05, 4.69) is 22.4 Å². The minimum absolute atomic E-state index is 0.322. The number of alkyl halides is 3. The zero-order chi connectivity index (χ0) is 28.1. The number of anilines is 1. The van der Waals surface area contributed by atoms with Gasteiger partial charge < -0.3 is 5.32 Å². The Labute approximate surface area is 231 Å². The number of hydrogen-bond acceptors (Lipinski definition) is 3. The fourth-order valence-corrected chi connectivity index (χ4v) is 5.23. The van der Waals surface area contributed by atoms with Crippen LogP contribution in [0.2, 0.25) is 0 Å². The largest absolute Gasteiger partial charge is 0.416 e. The predicted molar refractivity (Wildman–Crippen MR) is 150 cm³/mol. The average molecular weight is 540 g/mol. The molecule has 0 atom stereocenters. The molecule has 1 aliphatic heterocycles. The van der Waals surface area contributed by atoms with Gasteiger partial charge in [0.1, 0.15) is 0 Å². The summed E-state index contributed by atoms with van der Waals surface area (Å²) in [5.74, 6) is 0.115. The van der Waals surface area contributed by atoms with Crippen LogP contribution in [0.1, 0.15) is 51.4 Å². The van der Waals surface area contributed by atoms with Gasteiger partial charge in [-0.2, -0.15) is 18.4 Å². The van der Waals surface area contributed by atoms with Crippen molar-refractivity contribution in [2.45, 2.75) is 31.5 Å². The molecule has 1 fully saturated rings. The van der Waals surface area contributed by atoms with Crippen LogP contribution in [0.15, 0.2) is 97.1 Å². The monoisotopic (exact) mass is 539 g/mol. The van der Waals surface area contributed by atoms with Crippen LogP contribution in [0.4, 0.5) is 18.9 Å². The fraction of sp³-hybridized carbons (Fsp3) is 0.212. The highest BCUT2D eigenvalue weighted by molar-refractivity contribution is 6.08. The van der Waals surface area contributed by atoms with Gasteiger partial charge in [-0.1, -0.05) is 54.6 Å². The van der Waals surface area contributed by atoms with Crippen molar-refractivity contribution in [2.75, 3.05) is 18.4 Å². The molecule has 202 valence electrons. The summed E-state index contributed by atoms with van der Waals surface area (Å²) in [6.45, 7) is 2.78. The van der Waals surface area contributed by atoms with Crippen LogP contribution in [-0.2, 0) is 12.7 Å². The Balaban J connectivity index is 1.20. The van der Waals surface area contributed by atoms with Gasteiger partial charge in [0.2, 0.25) is 0 Å². The number of halogens is 3.